The van der Waals surface area contributed by atoms with Crippen LogP contribution in [0.3, 0.4) is 0 Å². The largest absolute Gasteiger partial charge is 0.449 e. The molecule has 1 N–H and O–H groups in total. The lowest BCUT2D eigenvalue weighted by Crippen LogP contribution is -2.48. The average molecular weight is 822 g/mol. The standard InChI is InChI=1S/C50H51ClF3NO4/c51-45-28-18-17-27-44(45)49(37-21-11-8-12-22-37,38-31-29-36(30-32-38)35-19-9-6-4-2-1-3-5-7-10-20-35)59-47(56)33-46(50(52,53)54)55-48(57)58-34-43-41-25-15-13-23-39(41)40-24-14-16-26-42(40)43/h8,11-18,21-32,35,43,46H,1-7,9-10,19-20,33-34H2,(H,55,57)/t46-,49?/m0/s1. The maximum Gasteiger partial charge on any atom is 0.409 e. The highest BCUT2D eigenvalue weighted by molar-refractivity contribution is 6.31. The first kappa shape index (κ1) is 42.1. The Morgan fingerprint density at radius 3 is 1.73 bits per heavy atom. The molecule has 0 radical (unpaired) electrons. The van der Waals surface area contributed by atoms with Gasteiger partial charge in [0, 0.05) is 27.6 Å². The molecule has 2 aliphatic rings. The smallest absolute Gasteiger partial charge is 0.409 e. The number of benzene rings is 5. The minimum atomic E-state index is -5.00. The first-order chi connectivity index (χ1) is 28.6. The molecule has 5 aromatic carbocycles. The number of alkyl carbamates (subject to hydrolysis) is 1. The number of ether oxygens (including phenoxy) is 2. The maximum atomic E-state index is 14.7. The van der Waals surface area contributed by atoms with Gasteiger partial charge in [0.1, 0.15) is 12.6 Å². The van der Waals surface area contributed by atoms with Crippen molar-refractivity contribution in [1.82, 2.24) is 5.32 Å². The van der Waals surface area contributed by atoms with Crippen LogP contribution in [0, 0.1) is 0 Å². The van der Waals surface area contributed by atoms with Gasteiger partial charge < -0.3 is 14.8 Å². The lowest BCUT2D eigenvalue weighted by atomic mass is 9.78. The van der Waals surface area contributed by atoms with Gasteiger partial charge in [0.25, 0.3) is 0 Å². The number of esters is 1. The number of halogens is 4. The predicted molar refractivity (Wildman–Crippen MR) is 227 cm³/mol. The van der Waals surface area contributed by atoms with Crippen LogP contribution in [-0.4, -0.2) is 30.9 Å². The lowest BCUT2D eigenvalue weighted by Gasteiger charge is -2.36. The number of rotatable bonds is 10. The van der Waals surface area contributed by atoms with Gasteiger partial charge in [-0.15, -0.1) is 0 Å². The van der Waals surface area contributed by atoms with Crippen molar-refractivity contribution in [2.45, 2.75) is 107 Å². The Hall–Kier alpha value is -5.08. The number of carbonyl (C=O) groups is 2. The molecular weight excluding hydrogens is 771 g/mol. The van der Waals surface area contributed by atoms with Crippen LogP contribution in [0.2, 0.25) is 5.02 Å². The monoisotopic (exact) mass is 821 g/mol. The Labute approximate surface area is 350 Å². The van der Waals surface area contributed by atoms with Crippen molar-refractivity contribution < 1.29 is 32.2 Å². The Balaban J connectivity index is 1.14. The summed E-state index contributed by atoms with van der Waals surface area (Å²) in [6.45, 7) is -0.185. The summed E-state index contributed by atoms with van der Waals surface area (Å²) < 4.78 is 55.9. The summed E-state index contributed by atoms with van der Waals surface area (Å²) in [6, 6.07) is 36.5. The van der Waals surface area contributed by atoms with Crippen LogP contribution in [-0.2, 0) is 19.9 Å². The fourth-order valence-electron chi connectivity index (χ4n) is 8.97. The third-order valence-electron chi connectivity index (χ3n) is 12.0. The van der Waals surface area contributed by atoms with Crippen LogP contribution in [0.1, 0.15) is 122 Å². The van der Waals surface area contributed by atoms with E-state index in [9.17, 15) is 22.8 Å². The molecule has 5 aromatic rings. The SMILES string of the molecule is O=C(C[C@H](NC(=O)OCC1c2ccccc2-c2ccccc21)C(F)(F)F)OC(c1ccccc1)(c1ccc(C2CCCCCCCCCCC2)cc1)c1ccccc1Cl. The van der Waals surface area contributed by atoms with Crippen LogP contribution in [0.5, 0.6) is 0 Å². The third kappa shape index (κ3) is 9.87. The summed E-state index contributed by atoms with van der Waals surface area (Å²) in [7, 11) is 0. The number of hydrogen-bond acceptors (Lipinski definition) is 4. The third-order valence-corrected chi connectivity index (χ3v) is 12.3. The number of nitrogens with one attached hydrogen (secondary N) is 1. The Morgan fingerprint density at radius 2 is 1.15 bits per heavy atom. The second kappa shape index (κ2) is 19.3. The highest BCUT2D eigenvalue weighted by Crippen LogP contribution is 2.46. The van der Waals surface area contributed by atoms with Crippen molar-refractivity contribution in [1.29, 1.82) is 0 Å². The van der Waals surface area contributed by atoms with E-state index in [1.165, 1.54) is 50.5 Å². The van der Waals surface area contributed by atoms with Crippen LogP contribution in [0.25, 0.3) is 11.1 Å². The first-order valence-corrected chi connectivity index (χ1v) is 21.3. The van der Waals surface area contributed by atoms with Crippen LogP contribution >= 0.6 is 11.6 Å². The van der Waals surface area contributed by atoms with Crippen molar-refractivity contribution >= 4 is 23.7 Å². The molecule has 1 unspecified atom stereocenters. The van der Waals surface area contributed by atoms with E-state index >= 15 is 0 Å². The van der Waals surface area contributed by atoms with Gasteiger partial charge in [-0.3, -0.25) is 4.79 Å². The zero-order valence-electron chi connectivity index (χ0n) is 33.2. The van der Waals surface area contributed by atoms with E-state index in [2.05, 4.69) is 12.1 Å². The molecule has 0 spiro atoms. The zero-order chi connectivity index (χ0) is 41.2. The topological polar surface area (TPSA) is 64.6 Å². The number of alkyl halides is 3. The van der Waals surface area contributed by atoms with Gasteiger partial charge in [-0.2, -0.15) is 13.2 Å². The maximum absolute atomic E-state index is 14.7. The highest BCUT2D eigenvalue weighted by Gasteiger charge is 2.47. The van der Waals surface area contributed by atoms with Gasteiger partial charge in [0.15, 0.2) is 5.60 Å². The second-order valence-corrected chi connectivity index (χ2v) is 16.3. The van der Waals surface area contributed by atoms with Crippen molar-refractivity contribution in [3.05, 3.63) is 166 Å². The molecule has 1 saturated carbocycles. The molecule has 2 atom stereocenters. The molecule has 0 saturated heterocycles. The Bertz CT molecular complexity index is 2120. The fraction of sp³-hybridized carbons (Fsp3) is 0.360. The van der Waals surface area contributed by atoms with Crippen molar-refractivity contribution in [2.75, 3.05) is 6.61 Å². The van der Waals surface area contributed by atoms with Gasteiger partial charge in [0.2, 0.25) is 0 Å². The summed E-state index contributed by atoms with van der Waals surface area (Å²) >= 11 is 6.89. The molecule has 1 amide bonds. The number of hydrogen-bond donors (Lipinski definition) is 1. The summed E-state index contributed by atoms with van der Waals surface area (Å²) in [4.78, 5) is 27.2. The molecule has 0 aromatic heterocycles. The molecule has 308 valence electrons. The van der Waals surface area contributed by atoms with Gasteiger partial charge in [-0.05, 0) is 52.6 Å². The summed E-state index contributed by atoms with van der Waals surface area (Å²) in [5.41, 5.74) is 4.71. The number of carbonyl (C=O) groups excluding carboxylic acids is 2. The molecule has 0 bridgehead atoms. The van der Waals surface area contributed by atoms with Gasteiger partial charge in [-0.25, -0.2) is 4.79 Å². The van der Waals surface area contributed by atoms with Crippen LogP contribution in [0.15, 0.2) is 127 Å². The summed E-state index contributed by atoms with van der Waals surface area (Å²) in [5, 5.41) is 2.21. The minimum absolute atomic E-state index is 0.185. The molecule has 2 aliphatic carbocycles. The van der Waals surface area contributed by atoms with Crippen molar-refractivity contribution in [3.63, 3.8) is 0 Å². The van der Waals surface area contributed by atoms with E-state index in [0.29, 0.717) is 22.6 Å². The van der Waals surface area contributed by atoms with E-state index in [4.69, 9.17) is 21.1 Å². The van der Waals surface area contributed by atoms with E-state index in [1.807, 2.05) is 72.0 Å². The molecule has 1 fully saturated rings. The normalized spacial score (nSPS) is 16.9. The van der Waals surface area contributed by atoms with E-state index < -0.39 is 36.3 Å². The molecule has 0 aliphatic heterocycles. The molecule has 59 heavy (non-hydrogen) atoms. The van der Waals surface area contributed by atoms with Gasteiger partial charge >= 0.3 is 18.2 Å². The van der Waals surface area contributed by atoms with E-state index in [-0.39, 0.29) is 17.5 Å². The van der Waals surface area contributed by atoms with Gasteiger partial charge in [0.05, 0.1) is 6.42 Å². The second-order valence-electron chi connectivity index (χ2n) is 15.8. The Morgan fingerprint density at radius 1 is 0.644 bits per heavy atom. The molecular formula is C50H51ClF3NO4. The number of amides is 1. The highest BCUT2D eigenvalue weighted by atomic mass is 35.5. The molecule has 5 nitrogen and oxygen atoms in total. The fourth-order valence-corrected chi connectivity index (χ4v) is 9.24. The first-order valence-electron chi connectivity index (χ1n) is 21.0. The quantitative estimate of drug-likeness (QED) is 0.113. The summed E-state index contributed by atoms with van der Waals surface area (Å²) in [5.74, 6) is -1.17. The predicted octanol–water partition coefficient (Wildman–Crippen LogP) is 13.4. The molecule has 7 rings (SSSR count). The summed E-state index contributed by atoms with van der Waals surface area (Å²) in [6.07, 6.45) is 5.81. The van der Waals surface area contributed by atoms with Crippen LogP contribution in [0.4, 0.5) is 18.0 Å². The number of fused-ring (bicyclic) bond motifs is 3. The lowest BCUT2D eigenvalue weighted by molar-refractivity contribution is -0.173. The minimum Gasteiger partial charge on any atom is -0.449 e. The average Bonchev–Trinajstić information content (AvgIpc) is 3.56. The molecule has 9 heteroatoms. The van der Waals surface area contributed by atoms with Gasteiger partial charge in [-0.1, -0.05) is 191 Å². The van der Waals surface area contributed by atoms with E-state index in [1.54, 1.807) is 48.5 Å². The Kier molecular flexibility index (Phi) is 13.8. The van der Waals surface area contributed by atoms with Crippen molar-refractivity contribution in [2.24, 2.45) is 0 Å². The van der Waals surface area contributed by atoms with Crippen molar-refractivity contribution in [3.8, 4) is 11.1 Å². The van der Waals surface area contributed by atoms with Crippen LogP contribution < -0.4 is 5.32 Å². The molecule has 0 heterocycles. The zero-order valence-corrected chi connectivity index (χ0v) is 33.9. The van der Waals surface area contributed by atoms with E-state index in [0.717, 1.165) is 47.9 Å².